The fourth-order valence-electron chi connectivity index (χ4n) is 5.87. The number of benzene rings is 3. The van der Waals surface area contributed by atoms with Crippen LogP contribution < -0.4 is 46.1 Å². The molecule has 6 atom stereocenters. The smallest absolute Gasteiger partial charge is 0.243 e. The number of amides is 6. The molecule has 3 aromatic rings. The Kier molecular flexibility index (Phi) is 12.2. The molecule has 53 heavy (non-hydrogen) atoms. The molecule has 0 spiro atoms. The van der Waals surface area contributed by atoms with E-state index in [-0.39, 0.29) is 19.3 Å². The predicted octanol–water partition coefficient (Wildman–Crippen LogP) is 0.820. The first-order valence-electron chi connectivity index (χ1n) is 17.2. The quantitative estimate of drug-likeness (QED) is 0.225. The van der Waals surface area contributed by atoms with Crippen LogP contribution in [0.2, 0.25) is 0 Å². The first-order valence-corrected chi connectivity index (χ1v) is 17.2. The molecule has 3 aliphatic heterocycles. The van der Waals surface area contributed by atoms with E-state index in [2.05, 4.69) is 31.9 Å². The van der Waals surface area contributed by atoms with Crippen molar-refractivity contribution in [3.63, 3.8) is 0 Å². The van der Waals surface area contributed by atoms with Gasteiger partial charge in [0.25, 0.3) is 0 Å². The summed E-state index contributed by atoms with van der Waals surface area (Å²) in [6, 6.07) is 11.9. The Hall–Kier alpha value is -6.12. The van der Waals surface area contributed by atoms with Crippen molar-refractivity contribution in [2.24, 2.45) is 0 Å². The van der Waals surface area contributed by atoms with Crippen molar-refractivity contribution in [1.82, 2.24) is 31.9 Å². The van der Waals surface area contributed by atoms with Crippen molar-refractivity contribution < 1.29 is 43.0 Å². The second-order valence-corrected chi connectivity index (χ2v) is 13.1. The zero-order valence-electron chi connectivity index (χ0n) is 30.1. The van der Waals surface area contributed by atoms with Crippen LogP contribution in [-0.4, -0.2) is 85.9 Å². The molecule has 1 saturated heterocycles. The summed E-state index contributed by atoms with van der Waals surface area (Å²) >= 11 is 0. The minimum atomic E-state index is -1.21. The molecule has 0 radical (unpaired) electrons. The van der Waals surface area contributed by atoms with Gasteiger partial charge in [-0.2, -0.15) is 0 Å². The Morgan fingerprint density at radius 2 is 1.08 bits per heavy atom. The summed E-state index contributed by atoms with van der Waals surface area (Å²) in [7, 11) is 3.02. The van der Waals surface area contributed by atoms with Crippen molar-refractivity contribution >= 4 is 35.4 Å². The first-order chi connectivity index (χ1) is 25.3. The van der Waals surface area contributed by atoms with Crippen LogP contribution >= 0.6 is 0 Å². The van der Waals surface area contributed by atoms with Gasteiger partial charge in [0, 0.05) is 19.3 Å². The van der Waals surface area contributed by atoms with E-state index < -0.39 is 71.7 Å². The van der Waals surface area contributed by atoms with Gasteiger partial charge in [-0.25, -0.2) is 0 Å². The van der Waals surface area contributed by atoms with E-state index in [0.717, 1.165) is 0 Å². The van der Waals surface area contributed by atoms with Crippen LogP contribution in [0, 0.1) is 0 Å². The summed E-state index contributed by atoms with van der Waals surface area (Å²) in [5, 5.41) is 16.0. The molecule has 6 rings (SSSR count). The van der Waals surface area contributed by atoms with Crippen LogP contribution in [0.15, 0.2) is 66.7 Å². The normalized spacial score (nSPS) is 24.4. The summed E-state index contributed by atoms with van der Waals surface area (Å²) in [4.78, 5) is 81.7. The van der Waals surface area contributed by atoms with Gasteiger partial charge in [-0.3, -0.25) is 28.8 Å². The lowest BCUT2D eigenvalue weighted by Gasteiger charge is -2.28. The Balaban J connectivity index is 1.49. The van der Waals surface area contributed by atoms with Crippen molar-refractivity contribution in [2.45, 2.75) is 76.3 Å². The summed E-state index contributed by atoms with van der Waals surface area (Å²) in [5.74, 6) is -2.11. The highest BCUT2D eigenvalue weighted by Crippen LogP contribution is 2.33. The molecular weight excluding hydrogens is 684 g/mol. The van der Waals surface area contributed by atoms with Crippen LogP contribution in [0.5, 0.6) is 23.0 Å². The Morgan fingerprint density at radius 1 is 0.566 bits per heavy atom. The lowest BCUT2D eigenvalue weighted by Crippen LogP contribution is -2.61. The second kappa shape index (κ2) is 16.9. The molecule has 1 fully saturated rings. The van der Waals surface area contributed by atoms with Crippen LogP contribution in [0.4, 0.5) is 0 Å². The number of ether oxygens (including phenoxy) is 3. The van der Waals surface area contributed by atoms with E-state index in [1.54, 1.807) is 66.7 Å². The van der Waals surface area contributed by atoms with Gasteiger partial charge < -0.3 is 46.1 Å². The molecule has 0 aromatic heterocycles. The van der Waals surface area contributed by atoms with E-state index in [0.29, 0.717) is 39.7 Å². The zero-order chi connectivity index (χ0) is 38.2. The highest BCUT2D eigenvalue weighted by Gasteiger charge is 2.33. The number of nitrogens with one attached hydrogen (secondary N) is 6. The van der Waals surface area contributed by atoms with Crippen molar-refractivity contribution in [3.8, 4) is 23.0 Å². The highest BCUT2D eigenvalue weighted by atomic mass is 16.5. The molecule has 3 aromatic carbocycles. The van der Waals surface area contributed by atoms with Gasteiger partial charge in [0.2, 0.25) is 35.4 Å². The van der Waals surface area contributed by atoms with E-state index in [1.165, 1.54) is 35.0 Å². The molecule has 3 heterocycles. The standard InChI is InChI=1S/C38H44N6O9/c1-20-33(45)39-21(2)34(46)42-28(16-23-6-11-26(51-4)12-7-23)36(48)41-22(3)35(47)43-29-17-24-8-13-27(14-9-24)53-32-19-25(10-15-31(32)52-5)18-30(37(49)40-20)44-38(29)50/h6-15,19-22,28-30H,16-18H2,1-5H3,(H,39,45)(H,40,49)(H,41,48)(H,42,46)(H,43,47)(H,44,50)/t20-,21+,22+,28+,29+,30+/m1/s1. The van der Waals surface area contributed by atoms with Gasteiger partial charge in [-0.15, -0.1) is 0 Å². The lowest BCUT2D eigenvalue weighted by molar-refractivity contribution is -0.136. The predicted molar refractivity (Wildman–Crippen MR) is 192 cm³/mol. The average Bonchev–Trinajstić information content (AvgIpc) is 3.14. The molecule has 6 bridgehead atoms. The maximum Gasteiger partial charge on any atom is 0.243 e. The van der Waals surface area contributed by atoms with E-state index in [9.17, 15) is 28.8 Å². The molecule has 0 unspecified atom stereocenters. The molecule has 15 nitrogen and oxygen atoms in total. The lowest BCUT2D eigenvalue weighted by atomic mass is 10.0. The van der Waals surface area contributed by atoms with Crippen LogP contribution in [0.3, 0.4) is 0 Å². The molecular formula is C38H44N6O9. The number of carbonyl (C=O) groups is 6. The summed E-state index contributed by atoms with van der Waals surface area (Å²) in [5.41, 5.74) is 1.95. The molecule has 6 amide bonds. The maximum absolute atomic E-state index is 14.0. The van der Waals surface area contributed by atoms with E-state index in [1.807, 2.05) is 0 Å². The molecule has 3 aliphatic rings. The van der Waals surface area contributed by atoms with Gasteiger partial charge in [-0.05, 0) is 73.9 Å². The Labute approximate surface area is 306 Å². The number of rotatable bonds is 4. The Morgan fingerprint density at radius 3 is 1.70 bits per heavy atom. The third kappa shape index (κ3) is 9.81. The third-order valence-electron chi connectivity index (χ3n) is 9.01. The number of methoxy groups -OCH3 is 2. The van der Waals surface area contributed by atoms with E-state index >= 15 is 0 Å². The first kappa shape index (κ1) is 38.1. The van der Waals surface area contributed by atoms with E-state index in [4.69, 9.17) is 14.2 Å². The topological polar surface area (TPSA) is 202 Å². The van der Waals surface area contributed by atoms with Gasteiger partial charge in [-0.1, -0.05) is 30.3 Å². The summed E-state index contributed by atoms with van der Waals surface area (Å²) in [6.45, 7) is 4.33. The number of hydrogen-bond donors (Lipinski definition) is 6. The molecule has 280 valence electrons. The van der Waals surface area contributed by atoms with Crippen LogP contribution in [-0.2, 0) is 48.0 Å². The van der Waals surface area contributed by atoms with Crippen molar-refractivity contribution in [1.29, 1.82) is 0 Å². The Bertz CT molecular complexity index is 1850. The number of carbonyl (C=O) groups excluding carboxylic acids is 6. The summed E-state index contributed by atoms with van der Waals surface area (Å²) in [6.07, 6.45) is 0.0462. The van der Waals surface area contributed by atoms with Gasteiger partial charge in [0.05, 0.1) is 14.2 Å². The monoisotopic (exact) mass is 728 g/mol. The zero-order valence-corrected chi connectivity index (χ0v) is 30.1. The van der Waals surface area contributed by atoms with Crippen molar-refractivity contribution in [3.05, 3.63) is 83.4 Å². The van der Waals surface area contributed by atoms with Crippen LogP contribution in [0.1, 0.15) is 37.5 Å². The molecule has 6 N–H and O–H groups in total. The molecule has 15 heteroatoms. The van der Waals surface area contributed by atoms with Gasteiger partial charge in [0.1, 0.15) is 47.8 Å². The van der Waals surface area contributed by atoms with Gasteiger partial charge in [0.15, 0.2) is 11.5 Å². The minimum absolute atomic E-state index is 0.0221. The number of fused-ring (bicyclic) bond motifs is 2. The number of hydrogen-bond acceptors (Lipinski definition) is 9. The SMILES string of the molecule is COc1ccc(C[C@@H]2NC(=O)[C@H](C)NC(=O)[C@@H](C)NC(=O)[C@@H]3Cc4ccc(OC)c(c4)Oc4ccc(cc4)C[C@H](NC(=O)[C@H](C)NC2=O)C(=O)N3)cc1. The molecule has 0 aliphatic carbocycles. The second-order valence-electron chi connectivity index (χ2n) is 13.1. The van der Waals surface area contributed by atoms with Crippen LogP contribution in [0.25, 0.3) is 0 Å². The maximum atomic E-state index is 14.0. The van der Waals surface area contributed by atoms with Gasteiger partial charge >= 0.3 is 0 Å². The summed E-state index contributed by atoms with van der Waals surface area (Å²) < 4.78 is 16.8. The molecule has 0 saturated carbocycles. The average molecular weight is 729 g/mol. The third-order valence-corrected chi connectivity index (χ3v) is 9.01. The highest BCUT2D eigenvalue weighted by molar-refractivity contribution is 5.98. The fraction of sp³-hybridized carbons (Fsp3) is 0.368. The largest absolute Gasteiger partial charge is 0.497 e. The minimum Gasteiger partial charge on any atom is -0.497 e. The fourth-order valence-corrected chi connectivity index (χ4v) is 5.87. The van der Waals surface area contributed by atoms with Crippen molar-refractivity contribution in [2.75, 3.05) is 14.2 Å².